The molecule has 1 atom stereocenters. The first-order valence-electron chi connectivity index (χ1n) is 6.09. The number of aromatic nitrogens is 2. The number of carbonyl (C=O) groups is 1. The number of amides is 1. The Morgan fingerprint density at radius 3 is 3.10 bits per heavy atom. The molecule has 0 aliphatic carbocycles. The third-order valence-corrected chi connectivity index (χ3v) is 4.44. The van der Waals surface area contributed by atoms with Crippen molar-refractivity contribution in [2.45, 2.75) is 23.9 Å². The molecule has 0 saturated carbocycles. The predicted octanol–water partition coefficient (Wildman–Crippen LogP) is 1.79. The number of nitrogen functional groups attached to an aromatic ring is 1. The van der Waals surface area contributed by atoms with E-state index in [0.29, 0.717) is 11.7 Å². The average Bonchev–Trinajstić information content (AvgIpc) is 2.98. The summed E-state index contributed by atoms with van der Waals surface area (Å²) in [5.74, 6) is 0.0288. The molecule has 0 radical (unpaired) electrons. The lowest BCUT2D eigenvalue weighted by molar-refractivity contribution is -0.120. The van der Waals surface area contributed by atoms with Crippen molar-refractivity contribution in [1.29, 1.82) is 5.26 Å². The lowest BCUT2D eigenvalue weighted by atomic mass is 10.3. The molecular weight excluding hydrogens is 306 g/mol. The average molecular weight is 319 g/mol. The molecule has 2 aromatic rings. The molecule has 6 nitrogen and oxygen atoms in total. The monoisotopic (exact) mass is 319 g/mol. The van der Waals surface area contributed by atoms with Gasteiger partial charge in [0.1, 0.15) is 17.5 Å². The Balaban J connectivity index is 1.91. The molecule has 2 heterocycles. The van der Waals surface area contributed by atoms with Crippen LogP contribution in [-0.2, 0) is 11.3 Å². The quantitative estimate of drug-likeness (QED) is 0.643. The first kappa shape index (κ1) is 15.3. The van der Waals surface area contributed by atoms with Crippen LogP contribution in [0.2, 0.25) is 0 Å². The van der Waals surface area contributed by atoms with E-state index >= 15 is 0 Å². The Morgan fingerprint density at radius 1 is 1.67 bits per heavy atom. The molecule has 2 aromatic heterocycles. The molecule has 8 heteroatoms. The van der Waals surface area contributed by atoms with Crippen LogP contribution in [0.1, 0.15) is 17.4 Å². The maximum atomic E-state index is 12.0. The fourth-order valence-corrected chi connectivity index (χ4v) is 2.88. The van der Waals surface area contributed by atoms with Gasteiger partial charge in [0, 0.05) is 4.88 Å². The molecule has 0 spiro atoms. The van der Waals surface area contributed by atoms with Crippen molar-refractivity contribution in [2.75, 3.05) is 5.73 Å². The van der Waals surface area contributed by atoms with E-state index in [2.05, 4.69) is 15.3 Å². The molecule has 0 bridgehead atoms. The maximum Gasteiger partial charge on any atom is 0.233 e. The predicted molar refractivity (Wildman–Crippen MR) is 82.6 cm³/mol. The zero-order valence-electron chi connectivity index (χ0n) is 11.2. The van der Waals surface area contributed by atoms with Gasteiger partial charge in [-0.05, 0) is 18.4 Å². The van der Waals surface area contributed by atoms with Crippen LogP contribution in [0.4, 0.5) is 5.82 Å². The topological polar surface area (TPSA) is 105 Å². The minimum absolute atomic E-state index is 0.0973. The molecule has 21 heavy (non-hydrogen) atoms. The number of thioether (sulfide) groups is 1. The fourth-order valence-electron chi connectivity index (χ4n) is 1.46. The number of anilines is 1. The number of hydrogen-bond donors (Lipinski definition) is 2. The largest absolute Gasteiger partial charge is 0.382 e. The van der Waals surface area contributed by atoms with Gasteiger partial charge in [-0.3, -0.25) is 4.79 Å². The van der Waals surface area contributed by atoms with Crippen LogP contribution in [0.15, 0.2) is 28.9 Å². The second-order valence-electron chi connectivity index (χ2n) is 4.12. The van der Waals surface area contributed by atoms with Crippen molar-refractivity contribution >= 4 is 34.8 Å². The van der Waals surface area contributed by atoms with Crippen LogP contribution in [0.5, 0.6) is 0 Å². The Morgan fingerprint density at radius 2 is 2.48 bits per heavy atom. The highest BCUT2D eigenvalue weighted by Gasteiger charge is 2.16. The molecule has 0 unspecified atom stereocenters. The summed E-state index contributed by atoms with van der Waals surface area (Å²) in [6, 6.07) is 5.80. The molecule has 0 aliphatic heterocycles. The van der Waals surface area contributed by atoms with E-state index in [-0.39, 0.29) is 22.5 Å². The summed E-state index contributed by atoms with van der Waals surface area (Å²) >= 11 is 2.80. The van der Waals surface area contributed by atoms with E-state index in [9.17, 15) is 4.79 Å². The highest BCUT2D eigenvalue weighted by Crippen LogP contribution is 2.21. The van der Waals surface area contributed by atoms with E-state index in [0.717, 1.165) is 4.88 Å². The van der Waals surface area contributed by atoms with Gasteiger partial charge in [-0.25, -0.2) is 9.97 Å². The van der Waals surface area contributed by atoms with Gasteiger partial charge in [-0.1, -0.05) is 17.8 Å². The van der Waals surface area contributed by atoms with Gasteiger partial charge in [0.05, 0.1) is 18.0 Å². The summed E-state index contributed by atoms with van der Waals surface area (Å²) < 4.78 is 0. The number of nitriles is 1. The lowest BCUT2D eigenvalue weighted by Gasteiger charge is -2.10. The lowest BCUT2D eigenvalue weighted by Crippen LogP contribution is -2.30. The summed E-state index contributed by atoms with van der Waals surface area (Å²) in [5, 5.41) is 13.6. The summed E-state index contributed by atoms with van der Waals surface area (Å²) in [5.41, 5.74) is 5.85. The molecule has 3 N–H and O–H groups in total. The third kappa shape index (κ3) is 4.18. The van der Waals surface area contributed by atoms with Crippen molar-refractivity contribution < 1.29 is 4.79 Å². The molecule has 2 rings (SSSR count). The van der Waals surface area contributed by atoms with E-state index < -0.39 is 0 Å². The van der Waals surface area contributed by atoms with Crippen LogP contribution in [0, 0.1) is 11.3 Å². The van der Waals surface area contributed by atoms with Crippen molar-refractivity contribution in [1.82, 2.24) is 15.3 Å². The van der Waals surface area contributed by atoms with E-state index in [4.69, 9.17) is 11.0 Å². The summed E-state index contributed by atoms with van der Waals surface area (Å²) in [7, 11) is 0. The second-order valence-corrected chi connectivity index (χ2v) is 6.46. The molecule has 108 valence electrons. The number of thiophene rings is 1. The van der Waals surface area contributed by atoms with Gasteiger partial charge in [0.15, 0.2) is 5.16 Å². The van der Waals surface area contributed by atoms with E-state index in [1.165, 1.54) is 18.0 Å². The zero-order valence-corrected chi connectivity index (χ0v) is 12.9. The van der Waals surface area contributed by atoms with Crippen molar-refractivity contribution in [3.63, 3.8) is 0 Å². The highest BCUT2D eigenvalue weighted by atomic mass is 32.2. The molecule has 0 saturated heterocycles. The number of rotatable bonds is 5. The zero-order chi connectivity index (χ0) is 15.2. The molecule has 1 amide bonds. The minimum Gasteiger partial charge on any atom is -0.382 e. The Labute approximate surface area is 130 Å². The standard InChI is InChI=1S/C13H13N5OS2/c1-8(12(19)16-7-10-3-2-4-20-10)21-13-17-6-9(5-14)11(15)18-13/h2-4,6,8H,7H2,1H3,(H,16,19)(H2,15,17,18)/t8-/m1/s1. The van der Waals surface area contributed by atoms with Crippen LogP contribution < -0.4 is 11.1 Å². The second kappa shape index (κ2) is 7.06. The van der Waals surface area contributed by atoms with Crippen LogP contribution >= 0.6 is 23.1 Å². The van der Waals surface area contributed by atoms with E-state index in [1.54, 1.807) is 18.3 Å². The number of nitrogens with two attached hydrogens (primary N) is 1. The molecular formula is C13H13N5OS2. The van der Waals surface area contributed by atoms with Crippen molar-refractivity contribution in [3.05, 3.63) is 34.2 Å². The van der Waals surface area contributed by atoms with Gasteiger partial charge >= 0.3 is 0 Å². The van der Waals surface area contributed by atoms with Crippen LogP contribution in [0.25, 0.3) is 0 Å². The summed E-state index contributed by atoms with van der Waals surface area (Å²) in [6.45, 7) is 2.28. The fraction of sp³-hybridized carbons (Fsp3) is 0.231. The Bertz CT molecular complexity index is 666. The smallest absolute Gasteiger partial charge is 0.233 e. The van der Waals surface area contributed by atoms with Gasteiger partial charge in [-0.2, -0.15) is 5.26 Å². The van der Waals surface area contributed by atoms with Crippen molar-refractivity contribution in [3.8, 4) is 6.07 Å². The summed E-state index contributed by atoms with van der Waals surface area (Å²) in [4.78, 5) is 21.1. The van der Waals surface area contributed by atoms with Gasteiger partial charge < -0.3 is 11.1 Å². The van der Waals surface area contributed by atoms with E-state index in [1.807, 2.05) is 23.6 Å². The highest BCUT2D eigenvalue weighted by molar-refractivity contribution is 8.00. The number of nitrogens with zero attached hydrogens (tertiary/aromatic N) is 3. The Hall–Kier alpha value is -2.11. The number of hydrogen-bond acceptors (Lipinski definition) is 7. The van der Waals surface area contributed by atoms with Crippen LogP contribution in [-0.4, -0.2) is 21.1 Å². The normalized spacial score (nSPS) is 11.6. The molecule has 0 aliphatic rings. The third-order valence-electron chi connectivity index (χ3n) is 2.58. The first-order chi connectivity index (χ1) is 10.1. The maximum absolute atomic E-state index is 12.0. The Kier molecular flexibility index (Phi) is 5.14. The number of carbonyl (C=O) groups excluding carboxylic acids is 1. The minimum atomic E-state index is -0.350. The van der Waals surface area contributed by atoms with Crippen molar-refractivity contribution in [2.24, 2.45) is 0 Å². The number of nitrogens with one attached hydrogen (secondary N) is 1. The van der Waals surface area contributed by atoms with Gasteiger partial charge in [0.25, 0.3) is 0 Å². The molecule has 0 aromatic carbocycles. The SMILES string of the molecule is C[C@@H](Sc1ncc(C#N)c(N)n1)C(=O)NCc1cccs1. The van der Waals surface area contributed by atoms with Gasteiger partial charge in [-0.15, -0.1) is 11.3 Å². The van der Waals surface area contributed by atoms with Crippen LogP contribution in [0.3, 0.4) is 0 Å². The first-order valence-corrected chi connectivity index (χ1v) is 7.85. The van der Waals surface area contributed by atoms with Gasteiger partial charge in [0.2, 0.25) is 5.91 Å². The molecule has 0 fully saturated rings. The summed E-state index contributed by atoms with van der Waals surface area (Å²) in [6.07, 6.45) is 1.36.